The number of hydrogen-bond donors (Lipinski definition) is 4. The number of hydrogen-bond acceptors (Lipinski definition) is 8. The van der Waals surface area contributed by atoms with Gasteiger partial charge in [-0.25, -0.2) is 9.97 Å². The van der Waals surface area contributed by atoms with Gasteiger partial charge in [0.05, 0.1) is 12.6 Å². The minimum atomic E-state index is -0.0869. The van der Waals surface area contributed by atoms with E-state index in [0.717, 1.165) is 12.1 Å². The van der Waals surface area contributed by atoms with E-state index in [2.05, 4.69) is 44.5 Å². The van der Waals surface area contributed by atoms with Crippen LogP contribution in [0.3, 0.4) is 0 Å². The molecule has 0 saturated heterocycles. The van der Waals surface area contributed by atoms with Crippen LogP contribution in [0, 0.1) is 5.92 Å². The molecular weight excluding hydrogens is 344 g/mol. The number of nitrogens with one attached hydrogen (secondary N) is 2. The Morgan fingerprint density at radius 1 is 1.19 bits per heavy atom. The van der Waals surface area contributed by atoms with Crippen molar-refractivity contribution in [1.82, 2.24) is 24.7 Å². The van der Waals surface area contributed by atoms with Gasteiger partial charge in [-0.1, -0.05) is 32.0 Å². The van der Waals surface area contributed by atoms with E-state index in [1.165, 1.54) is 11.0 Å². The zero-order valence-corrected chi connectivity index (χ0v) is 15.4. The molecular formula is C18H24N8O. The Balaban J connectivity index is 1.78. The van der Waals surface area contributed by atoms with Gasteiger partial charge in [-0.15, -0.1) is 5.10 Å². The highest BCUT2D eigenvalue weighted by Crippen LogP contribution is 2.18. The molecule has 0 aliphatic heterocycles. The van der Waals surface area contributed by atoms with Gasteiger partial charge >= 0.3 is 0 Å². The minimum Gasteiger partial charge on any atom is -0.394 e. The number of nitrogens with zero attached hydrogens (tertiary/aromatic N) is 5. The molecule has 2 heterocycles. The zero-order chi connectivity index (χ0) is 19.2. The molecule has 0 unspecified atom stereocenters. The maximum atomic E-state index is 9.55. The summed E-state index contributed by atoms with van der Waals surface area (Å²) in [5.41, 5.74) is 6.86. The van der Waals surface area contributed by atoms with E-state index in [4.69, 9.17) is 5.73 Å². The molecule has 0 aliphatic rings. The first-order valence-electron chi connectivity index (χ1n) is 8.79. The average Bonchev–Trinajstić information content (AvgIpc) is 3.02. The Morgan fingerprint density at radius 2 is 1.96 bits per heavy atom. The van der Waals surface area contributed by atoms with Crippen LogP contribution in [0.15, 0.2) is 42.7 Å². The molecule has 9 nitrogen and oxygen atoms in total. The van der Waals surface area contributed by atoms with E-state index < -0.39 is 0 Å². The minimum absolute atomic E-state index is 0.0219. The Kier molecular flexibility index (Phi) is 5.82. The molecule has 0 radical (unpaired) electrons. The topological polar surface area (TPSA) is 127 Å². The number of aliphatic hydroxyl groups is 1. The predicted octanol–water partition coefficient (Wildman–Crippen LogP) is 2.20. The van der Waals surface area contributed by atoms with Gasteiger partial charge in [0.25, 0.3) is 0 Å². The van der Waals surface area contributed by atoms with Crippen LogP contribution >= 0.6 is 0 Å². The Hall–Kier alpha value is -3.20. The molecule has 27 heavy (non-hydrogen) atoms. The standard InChI is InChI=1S/C18H24N8O/c1-12(2)8-14(10-27)22-15-9-16(21-11-20-15)26-17(19)24-18(25-26)23-13-6-4-3-5-7-13/h3-7,9,11-12,14,27H,8,10H2,1-2H3,(H,20,21,22)(H3,19,23,24,25)/t14-/m0/s1. The molecule has 5 N–H and O–H groups in total. The highest BCUT2D eigenvalue weighted by Gasteiger charge is 2.14. The van der Waals surface area contributed by atoms with Gasteiger partial charge in [0.1, 0.15) is 12.1 Å². The van der Waals surface area contributed by atoms with Gasteiger partial charge in [0.15, 0.2) is 5.82 Å². The lowest BCUT2D eigenvalue weighted by atomic mass is 10.0. The lowest BCUT2D eigenvalue weighted by Crippen LogP contribution is -2.26. The fourth-order valence-corrected chi connectivity index (χ4v) is 2.70. The van der Waals surface area contributed by atoms with E-state index >= 15 is 0 Å². The molecule has 0 amide bonds. The van der Waals surface area contributed by atoms with Crippen LogP contribution in [0.4, 0.5) is 23.4 Å². The van der Waals surface area contributed by atoms with Gasteiger partial charge in [-0.05, 0) is 24.5 Å². The second kappa shape index (κ2) is 8.45. The third kappa shape index (κ3) is 4.91. The predicted molar refractivity (Wildman–Crippen MR) is 105 cm³/mol. The maximum Gasteiger partial charge on any atom is 0.248 e. The number of rotatable bonds is 8. The number of nitrogens with two attached hydrogens (primary N) is 1. The number of benzene rings is 1. The summed E-state index contributed by atoms with van der Waals surface area (Å²) in [5.74, 6) is 2.11. The molecule has 1 atom stereocenters. The maximum absolute atomic E-state index is 9.55. The van der Waals surface area contributed by atoms with Crippen LogP contribution < -0.4 is 16.4 Å². The van der Waals surface area contributed by atoms with Crippen molar-refractivity contribution in [3.63, 3.8) is 0 Å². The van der Waals surface area contributed by atoms with Crippen molar-refractivity contribution >= 4 is 23.4 Å². The average molecular weight is 368 g/mol. The summed E-state index contributed by atoms with van der Waals surface area (Å²) in [4.78, 5) is 12.7. The lowest BCUT2D eigenvalue weighted by Gasteiger charge is -2.18. The fraction of sp³-hybridized carbons (Fsp3) is 0.333. The second-order valence-corrected chi connectivity index (χ2v) is 6.61. The van der Waals surface area contributed by atoms with Gasteiger partial charge in [0.2, 0.25) is 11.9 Å². The van der Waals surface area contributed by atoms with Crippen molar-refractivity contribution in [2.75, 3.05) is 23.0 Å². The third-order valence-electron chi connectivity index (χ3n) is 3.86. The molecule has 0 saturated carbocycles. The summed E-state index contributed by atoms with van der Waals surface area (Å²) >= 11 is 0. The summed E-state index contributed by atoms with van der Waals surface area (Å²) in [7, 11) is 0. The third-order valence-corrected chi connectivity index (χ3v) is 3.86. The largest absolute Gasteiger partial charge is 0.394 e. The number of anilines is 4. The van der Waals surface area contributed by atoms with Gasteiger partial charge in [0, 0.05) is 11.8 Å². The molecule has 142 valence electrons. The first-order valence-corrected chi connectivity index (χ1v) is 8.79. The Morgan fingerprint density at radius 3 is 2.67 bits per heavy atom. The van der Waals surface area contributed by atoms with Crippen LogP contribution in [-0.4, -0.2) is 42.5 Å². The molecule has 0 bridgehead atoms. The highest BCUT2D eigenvalue weighted by molar-refractivity contribution is 5.54. The van der Waals surface area contributed by atoms with E-state index in [0.29, 0.717) is 23.5 Å². The molecule has 2 aromatic heterocycles. The SMILES string of the molecule is CC(C)C[C@@H](CO)Nc1cc(-n2nc(Nc3ccccc3)nc2N)ncn1. The van der Waals surface area contributed by atoms with Crippen LogP contribution in [0.5, 0.6) is 0 Å². The quantitative estimate of drug-likeness (QED) is 0.476. The second-order valence-electron chi connectivity index (χ2n) is 6.61. The van der Waals surface area contributed by atoms with Crippen LogP contribution in [-0.2, 0) is 0 Å². The number of aromatic nitrogens is 5. The van der Waals surface area contributed by atoms with E-state index in [1.54, 1.807) is 6.07 Å². The monoisotopic (exact) mass is 368 g/mol. The molecule has 0 aliphatic carbocycles. The van der Waals surface area contributed by atoms with Gasteiger partial charge < -0.3 is 21.5 Å². The summed E-state index contributed by atoms with van der Waals surface area (Å²) in [5, 5.41) is 20.2. The first-order chi connectivity index (χ1) is 13.0. The van der Waals surface area contributed by atoms with Crippen molar-refractivity contribution in [2.45, 2.75) is 26.3 Å². The molecule has 0 spiro atoms. The zero-order valence-electron chi connectivity index (χ0n) is 15.4. The highest BCUT2D eigenvalue weighted by atomic mass is 16.3. The Labute approximate surface area is 157 Å². The van der Waals surface area contributed by atoms with Crippen molar-refractivity contribution in [3.8, 4) is 5.82 Å². The van der Waals surface area contributed by atoms with Crippen LogP contribution in [0.2, 0.25) is 0 Å². The lowest BCUT2D eigenvalue weighted by molar-refractivity contribution is 0.259. The normalized spacial score (nSPS) is 12.1. The summed E-state index contributed by atoms with van der Waals surface area (Å²) < 4.78 is 1.44. The fourth-order valence-electron chi connectivity index (χ4n) is 2.70. The summed E-state index contributed by atoms with van der Waals surface area (Å²) in [6.07, 6.45) is 2.25. The summed E-state index contributed by atoms with van der Waals surface area (Å²) in [6.45, 7) is 4.23. The van der Waals surface area contributed by atoms with Gasteiger partial charge in [-0.2, -0.15) is 9.67 Å². The van der Waals surface area contributed by atoms with Crippen molar-refractivity contribution in [2.24, 2.45) is 5.92 Å². The van der Waals surface area contributed by atoms with Crippen molar-refractivity contribution in [3.05, 3.63) is 42.7 Å². The number of nitrogen functional groups attached to an aromatic ring is 1. The molecule has 9 heteroatoms. The summed E-state index contributed by atoms with van der Waals surface area (Å²) in [6, 6.07) is 11.2. The van der Waals surface area contributed by atoms with Crippen molar-refractivity contribution in [1.29, 1.82) is 0 Å². The first kappa shape index (κ1) is 18.6. The van der Waals surface area contributed by atoms with E-state index in [-0.39, 0.29) is 18.6 Å². The molecule has 3 aromatic rings. The molecule has 0 fully saturated rings. The van der Waals surface area contributed by atoms with Crippen LogP contribution in [0.1, 0.15) is 20.3 Å². The Bertz CT molecular complexity index is 865. The van der Waals surface area contributed by atoms with E-state index in [1.807, 2.05) is 30.3 Å². The molecule has 3 rings (SSSR count). The van der Waals surface area contributed by atoms with Crippen LogP contribution in [0.25, 0.3) is 5.82 Å². The smallest absolute Gasteiger partial charge is 0.248 e. The van der Waals surface area contributed by atoms with Crippen molar-refractivity contribution < 1.29 is 5.11 Å². The number of para-hydroxylation sites is 1. The molecule has 1 aromatic carbocycles. The van der Waals surface area contributed by atoms with Gasteiger partial charge in [-0.3, -0.25) is 0 Å². The number of aliphatic hydroxyl groups excluding tert-OH is 1. The van der Waals surface area contributed by atoms with E-state index in [9.17, 15) is 5.11 Å².